The molecule has 0 atom stereocenters. The first-order chi connectivity index (χ1) is 9.68. The smallest absolute Gasteiger partial charge is 0.465 e. The zero-order chi connectivity index (χ0) is 16.6. The summed E-state index contributed by atoms with van der Waals surface area (Å²) in [5.74, 6) is -4.78. The van der Waals surface area contributed by atoms with Gasteiger partial charge in [0.15, 0.2) is 14.8 Å². The molecule has 14 nitrogen and oxygen atoms in total. The lowest BCUT2D eigenvalue weighted by Gasteiger charge is -2.09. The molecule has 1 N–H and O–H groups in total. The lowest BCUT2D eigenvalue weighted by molar-refractivity contribution is -0.970. The fourth-order valence-electron chi connectivity index (χ4n) is 0.928. The summed E-state index contributed by atoms with van der Waals surface area (Å²) in [5, 5.41) is 33.3. The number of ether oxygens (including phenoxy) is 2. The van der Waals surface area contributed by atoms with E-state index in [0.29, 0.717) is 0 Å². The van der Waals surface area contributed by atoms with Crippen molar-refractivity contribution in [2.24, 2.45) is 0 Å². The number of nitro groups is 3. The predicted molar refractivity (Wildman–Crippen MR) is 59.7 cm³/mol. The zero-order valence-electron chi connectivity index (χ0n) is 10.5. The topological polar surface area (TPSA) is 194 Å². The molecule has 0 rings (SSSR count). The van der Waals surface area contributed by atoms with E-state index in [1.165, 1.54) is 6.92 Å². The van der Waals surface area contributed by atoms with Gasteiger partial charge in [0, 0.05) is 0 Å². The first-order valence-electron chi connectivity index (χ1n) is 5.18. The monoisotopic (exact) mass is 310 g/mol. The molecule has 0 aliphatic carbocycles. The van der Waals surface area contributed by atoms with Crippen molar-refractivity contribution >= 4 is 12.1 Å². The van der Waals surface area contributed by atoms with Gasteiger partial charge in [0.2, 0.25) is 0 Å². The summed E-state index contributed by atoms with van der Waals surface area (Å²) >= 11 is 0. The molecule has 0 spiro atoms. The predicted octanol–water partition coefficient (Wildman–Crippen LogP) is -1.24. The molecular formula is C7H10N4O10. The van der Waals surface area contributed by atoms with Crippen molar-refractivity contribution in [1.29, 1.82) is 0 Å². The van der Waals surface area contributed by atoms with Crippen molar-refractivity contribution in [1.82, 2.24) is 5.32 Å². The summed E-state index contributed by atoms with van der Waals surface area (Å²) in [6, 6.07) is 0. The number of carbonyl (C=O) groups excluding carboxylic acids is 2. The number of carbonyl (C=O) groups is 2. The standard InChI is InChI=1S/C7H10N4O10/c1-2-20-5(12)3-8-6(13)21-4-7(9(14)15,10(16)17)11(18)19/h2-4H2,1H3,(H,8,13). The molecular weight excluding hydrogens is 300 g/mol. The highest BCUT2D eigenvalue weighted by atomic mass is 16.7. The third-order valence-electron chi connectivity index (χ3n) is 1.96. The molecule has 0 radical (unpaired) electrons. The van der Waals surface area contributed by atoms with Crippen LogP contribution in [-0.4, -0.2) is 52.4 Å². The maximum atomic E-state index is 11.1. The van der Waals surface area contributed by atoms with Gasteiger partial charge in [-0.05, 0) is 6.92 Å². The van der Waals surface area contributed by atoms with Gasteiger partial charge in [-0.2, -0.15) is 0 Å². The third kappa shape index (κ3) is 4.51. The first kappa shape index (κ1) is 17.9. The number of hydrogen-bond donors (Lipinski definition) is 1. The quantitative estimate of drug-likeness (QED) is 0.245. The lowest BCUT2D eigenvalue weighted by Crippen LogP contribution is -2.57. The summed E-state index contributed by atoms with van der Waals surface area (Å²) in [7, 11) is 0. The van der Waals surface area contributed by atoms with Crippen LogP contribution >= 0.6 is 0 Å². The van der Waals surface area contributed by atoms with Gasteiger partial charge in [-0.1, -0.05) is 0 Å². The Balaban J connectivity index is 4.67. The Labute approximate surface area is 115 Å². The van der Waals surface area contributed by atoms with Crippen molar-refractivity contribution in [2.45, 2.75) is 12.7 Å². The Bertz CT molecular complexity index is 426. The fraction of sp³-hybridized carbons (Fsp3) is 0.714. The van der Waals surface area contributed by atoms with Crippen molar-refractivity contribution in [3.8, 4) is 0 Å². The second-order valence-electron chi connectivity index (χ2n) is 3.28. The fourth-order valence-corrected chi connectivity index (χ4v) is 0.928. The van der Waals surface area contributed by atoms with Crippen LogP contribution in [-0.2, 0) is 14.3 Å². The lowest BCUT2D eigenvalue weighted by atomic mass is 10.4. The van der Waals surface area contributed by atoms with Gasteiger partial charge < -0.3 is 14.8 Å². The Kier molecular flexibility index (Phi) is 6.42. The van der Waals surface area contributed by atoms with E-state index in [0.717, 1.165) is 0 Å². The van der Waals surface area contributed by atoms with Gasteiger partial charge in [-0.3, -0.25) is 35.1 Å². The highest BCUT2D eigenvalue weighted by molar-refractivity contribution is 5.77. The number of nitrogens with one attached hydrogen (secondary N) is 1. The minimum atomic E-state index is -3.92. The second kappa shape index (κ2) is 7.51. The van der Waals surface area contributed by atoms with E-state index in [2.05, 4.69) is 9.47 Å². The molecule has 0 unspecified atom stereocenters. The molecule has 14 heteroatoms. The Morgan fingerprint density at radius 1 is 1.05 bits per heavy atom. The highest BCUT2D eigenvalue weighted by Crippen LogP contribution is 2.12. The third-order valence-corrected chi connectivity index (χ3v) is 1.96. The molecule has 0 bridgehead atoms. The van der Waals surface area contributed by atoms with Gasteiger partial charge in [0.1, 0.15) is 6.54 Å². The molecule has 0 fully saturated rings. The van der Waals surface area contributed by atoms with Crippen molar-refractivity contribution < 1.29 is 33.8 Å². The average Bonchev–Trinajstić information content (AvgIpc) is 2.36. The van der Waals surface area contributed by atoms with Crippen molar-refractivity contribution in [2.75, 3.05) is 19.8 Å². The average molecular weight is 310 g/mol. The van der Waals surface area contributed by atoms with Gasteiger partial charge >= 0.3 is 24.5 Å². The number of esters is 1. The largest absolute Gasteiger partial charge is 0.734 e. The minimum Gasteiger partial charge on any atom is -0.465 e. The maximum absolute atomic E-state index is 11.1. The summed E-state index contributed by atoms with van der Waals surface area (Å²) in [5.41, 5.74) is 0. The van der Waals surface area contributed by atoms with E-state index < -0.39 is 45.8 Å². The molecule has 0 aromatic rings. The molecule has 118 valence electrons. The van der Waals surface area contributed by atoms with E-state index in [4.69, 9.17) is 0 Å². The van der Waals surface area contributed by atoms with E-state index in [9.17, 15) is 39.9 Å². The molecule has 0 saturated carbocycles. The van der Waals surface area contributed by atoms with Crippen LogP contribution in [0.1, 0.15) is 6.92 Å². The van der Waals surface area contributed by atoms with Crippen LogP contribution in [0.25, 0.3) is 0 Å². The Morgan fingerprint density at radius 3 is 1.90 bits per heavy atom. The zero-order valence-corrected chi connectivity index (χ0v) is 10.5. The molecule has 0 aromatic carbocycles. The molecule has 1 amide bonds. The van der Waals surface area contributed by atoms with Crippen LogP contribution in [0, 0.1) is 30.3 Å². The minimum absolute atomic E-state index is 0.0304. The second-order valence-corrected chi connectivity index (χ2v) is 3.28. The van der Waals surface area contributed by atoms with Gasteiger partial charge in [-0.25, -0.2) is 4.79 Å². The number of nitrogens with zero attached hydrogens (tertiary/aromatic N) is 3. The number of hydrogen-bond acceptors (Lipinski definition) is 10. The van der Waals surface area contributed by atoms with E-state index in [1.807, 2.05) is 0 Å². The summed E-state index contributed by atoms with van der Waals surface area (Å²) in [4.78, 5) is 48.0. The van der Waals surface area contributed by atoms with Gasteiger partial charge in [-0.15, -0.1) is 0 Å². The molecule has 0 aliphatic heterocycles. The number of amides is 1. The van der Waals surface area contributed by atoms with E-state index in [-0.39, 0.29) is 6.61 Å². The number of rotatable bonds is 8. The van der Waals surface area contributed by atoms with E-state index in [1.54, 1.807) is 5.32 Å². The highest BCUT2D eigenvalue weighted by Gasteiger charge is 2.72. The van der Waals surface area contributed by atoms with Crippen LogP contribution in [0.5, 0.6) is 0 Å². The maximum Gasteiger partial charge on any atom is 0.734 e. The van der Waals surface area contributed by atoms with Gasteiger partial charge in [0.25, 0.3) is 0 Å². The molecule has 0 saturated heterocycles. The Hall–Kier alpha value is -3.06. The molecule has 0 heterocycles. The molecule has 21 heavy (non-hydrogen) atoms. The van der Waals surface area contributed by atoms with Crippen LogP contribution in [0.4, 0.5) is 4.79 Å². The first-order valence-corrected chi connectivity index (χ1v) is 5.18. The normalized spacial score (nSPS) is 10.3. The van der Waals surface area contributed by atoms with Crippen LogP contribution in [0.15, 0.2) is 0 Å². The van der Waals surface area contributed by atoms with Crippen molar-refractivity contribution in [3.05, 3.63) is 30.3 Å². The van der Waals surface area contributed by atoms with Crippen molar-refractivity contribution in [3.63, 3.8) is 0 Å². The van der Waals surface area contributed by atoms with Gasteiger partial charge in [0.05, 0.1) is 6.61 Å². The van der Waals surface area contributed by atoms with Crippen LogP contribution in [0.2, 0.25) is 0 Å². The SMILES string of the molecule is CCOC(=O)CNC(=O)OCC([N+](=O)[O-])([N+](=O)[O-])[N+](=O)[O-]. The number of alkyl carbamates (subject to hydrolysis) is 1. The van der Waals surface area contributed by atoms with Crippen LogP contribution in [0.3, 0.4) is 0 Å². The summed E-state index contributed by atoms with van der Waals surface area (Å²) in [6.07, 6.45) is -1.49. The van der Waals surface area contributed by atoms with E-state index >= 15 is 0 Å². The molecule has 0 aliphatic rings. The summed E-state index contributed by atoms with van der Waals surface area (Å²) < 4.78 is 8.46. The molecule has 0 aromatic heterocycles. The summed E-state index contributed by atoms with van der Waals surface area (Å²) in [6.45, 7) is -0.901. The Morgan fingerprint density at radius 2 is 1.52 bits per heavy atom. The van der Waals surface area contributed by atoms with Crippen LogP contribution < -0.4 is 5.32 Å².